The van der Waals surface area contributed by atoms with Crippen molar-refractivity contribution in [1.82, 2.24) is 9.97 Å². The van der Waals surface area contributed by atoms with E-state index in [0.29, 0.717) is 5.69 Å². The third-order valence-electron chi connectivity index (χ3n) is 2.20. The van der Waals surface area contributed by atoms with Gasteiger partial charge in [-0.2, -0.15) is 0 Å². The van der Waals surface area contributed by atoms with Gasteiger partial charge in [0.1, 0.15) is 10.1 Å². The van der Waals surface area contributed by atoms with Crippen LogP contribution < -0.4 is 0 Å². The van der Waals surface area contributed by atoms with E-state index in [1.165, 1.54) is 11.8 Å². The molecule has 0 fully saturated rings. The van der Waals surface area contributed by atoms with E-state index >= 15 is 0 Å². The van der Waals surface area contributed by atoms with E-state index < -0.39 is 5.97 Å². The zero-order valence-corrected chi connectivity index (χ0v) is 11.8. The van der Waals surface area contributed by atoms with Crippen molar-refractivity contribution in [3.63, 3.8) is 0 Å². The van der Waals surface area contributed by atoms with Crippen LogP contribution in [0.15, 0.2) is 45.0 Å². The molecule has 0 atom stereocenters. The minimum atomic E-state index is -0.960. The zero-order valence-electron chi connectivity index (χ0n) is 9.42. The lowest BCUT2D eigenvalue weighted by Gasteiger charge is -2.04. The summed E-state index contributed by atoms with van der Waals surface area (Å²) >= 11 is 4.71. The van der Waals surface area contributed by atoms with Gasteiger partial charge in [-0.1, -0.05) is 11.8 Å². The average Bonchev–Trinajstić information content (AvgIpc) is 2.32. The molecule has 92 valence electrons. The van der Waals surface area contributed by atoms with Gasteiger partial charge in [0.05, 0.1) is 11.3 Å². The fraction of sp³-hybridized carbons (Fsp3) is 0.0833. The van der Waals surface area contributed by atoms with Crippen molar-refractivity contribution in [2.24, 2.45) is 0 Å². The minimum Gasteiger partial charge on any atom is -0.478 e. The summed E-state index contributed by atoms with van der Waals surface area (Å²) in [6.07, 6.45) is 1.71. The third-order valence-corrected chi connectivity index (χ3v) is 3.56. The van der Waals surface area contributed by atoms with Crippen molar-refractivity contribution in [3.05, 3.63) is 46.2 Å². The van der Waals surface area contributed by atoms with E-state index in [1.54, 1.807) is 25.3 Å². The Labute approximate surface area is 117 Å². The monoisotopic (exact) mass is 324 g/mol. The molecule has 0 aliphatic rings. The molecule has 0 unspecified atom stereocenters. The summed E-state index contributed by atoms with van der Waals surface area (Å²) < 4.78 is 0.914. The largest absolute Gasteiger partial charge is 0.478 e. The number of pyridine rings is 2. The Morgan fingerprint density at radius 1 is 1.28 bits per heavy atom. The van der Waals surface area contributed by atoms with Crippen molar-refractivity contribution in [2.75, 3.05) is 0 Å². The van der Waals surface area contributed by atoms with Gasteiger partial charge in [0.15, 0.2) is 0 Å². The van der Waals surface area contributed by atoms with Gasteiger partial charge >= 0.3 is 5.97 Å². The molecule has 18 heavy (non-hydrogen) atoms. The number of aryl methyl sites for hydroxylation is 1. The van der Waals surface area contributed by atoms with E-state index in [9.17, 15) is 4.79 Å². The first-order chi connectivity index (χ1) is 8.56. The number of aromatic nitrogens is 2. The van der Waals surface area contributed by atoms with Crippen LogP contribution in [0.3, 0.4) is 0 Å². The van der Waals surface area contributed by atoms with Gasteiger partial charge in [0, 0.05) is 10.7 Å². The van der Waals surface area contributed by atoms with Crippen LogP contribution in [0.25, 0.3) is 0 Å². The number of hydrogen-bond donors (Lipinski definition) is 1. The normalized spacial score (nSPS) is 10.3. The van der Waals surface area contributed by atoms with E-state index in [-0.39, 0.29) is 5.56 Å². The maximum Gasteiger partial charge on any atom is 0.337 e. The van der Waals surface area contributed by atoms with Crippen molar-refractivity contribution in [3.8, 4) is 0 Å². The van der Waals surface area contributed by atoms with Gasteiger partial charge in [-0.15, -0.1) is 0 Å². The Morgan fingerprint density at radius 2 is 2.00 bits per heavy atom. The van der Waals surface area contributed by atoms with Gasteiger partial charge in [-0.3, -0.25) is 0 Å². The van der Waals surface area contributed by atoms with Crippen LogP contribution in [0.1, 0.15) is 16.1 Å². The van der Waals surface area contributed by atoms with Crippen LogP contribution in [0.2, 0.25) is 0 Å². The first-order valence-electron chi connectivity index (χ1n) is 5.06. The van der Waals surface area contributed by atoms with Gasteiger partial charge in [0.2, 0.25) is 0 Å². The second-order valence-corrected chi connectivity index (χ2v) is 5.46. The van der Waals surface area contributed by atoms with Crippen molar-refractivity contribution >= 4 is 33.7 Å². The van der Waals surface area contributed by atoms with E-state index in [4.69, 9.17) is 5.11 Å². The number of hydrogen-bond acceptors (Lipinski definition) is 4. The van der Waals surface area contributed by atoms with Crippen LogP contribution in [0.5, 0.6) is 0 Å². The first kappa shape index (κ1) is 13.0. The highest BCUT2D eigenvalue weighted by Gasteiger charge is 2.09. The van der Waals surface area contributed by atoms with E-state index in [0.717, 1.165) is 14.5 Å². The lowest BCUT2D eigenvalue weighted by molar-refractivity contribution is 0.0695. The van der Waals surface area contributed by atoms with Gasteiger partial charge in [-0.25, -0.2) is 14.8 Å². The molecular weight excluding hydrogens is 316 g/mol. The van der Waals surface area contributed by atoms with Crippen molar-refractivity contribution < 1.29 is 9.90 Å². The summed E-state index contributed by atoms with van der Waals surface area (Å²) in [5, 5.41) is 10.5. The molecule has 2 aromatic heterocycles. The zero-order chi connectivity index (χ0) is 13.1. The number of halogens is 1. The molecule has 0 bridgehead atoms. The second kappa shape index (κ2) is 5.49. The Kier molecular flexibility index (Phi) is 3.98. The molecule has 0 saturated carbocycles. The number of carboxylic acid groups (broad SMARTS) is 1. The average molecular weight is 325 g/mol. The van der Waals surface area contributed by atoms with Crippen molar-refractivity contribution in [2.45, 2.75) is 17.0 Å². The number of carbonyl (C=O) groups is 1. The third kappa shape index (κ3) is 3.08. The summed E-state index contributed by atoms with van der Waals surface area (Å²) in [6.45, 7) is 1.68. The van der Waals surface area contributed by atoms with Crippen molar-refractivity contribution in [1.29, 1.82) is 0 Å². The SMILES string of the molecule is Cc1nc(Sc2ccc(Br)cn2)ccc1C(=O)O. The van der Waals surface area contributed by atoms with Gasteiger partial charge < -0.3 is 5.11 Å². The highest BCUT2D eigenvalue weighted by atomic mass is 79.9. The lowest BCUT2D eigenvalue weighted by Crippen LogP contribution is -2.01. The van der Waals surface area contributed by atoms with Crippen LogP contribution in [-0.2, 0) is 0 Å². The molecule has 1 N–H and O–H groups in total. The number of rotatable bonds is 3. The molecule has 0 aliphatic carbocycles. The molecule has 6 heteroatoms. The fourth-order valence-corrected chi connectivity index (χ4v) is 2.36. The van der Waals surface area contributed by atoms with Gasteiger partial charge in [0.25, 0.3) is 0 Å². The second-order valence-electron chi connectivity index (χ2n) is 3.50. The number of nitrogens with zero attached hydrogens (tertiary/aromatic N) is 2. The Balaban J connectivity index is 2.22. The Morgan fingerprint density at radius 3 is 2.56 bits per heavy atom. The summed E-state index contributed by atoms with van der Waals surface area (Å²) in [7, 11) is 0. The number of aromatic carboxylic acids is 1. The predicted octanol–water partition coefficient (Wildman–Crippen LogP) is 3.40. The van der Waals surface area contributed by atoms with Crippen LogP contribution in [-0.4, -0.2) is 21.0 Å². The topological polar surface area (TPSA) is 63.1 Å². The molecule has 0 amide bonds. The molecule has 0 aliphatic heterocycles. The summed E-state index contributed by atoms with van der Waals surface area (Å²) in [4.78, 5) is 19.3. The lowest BCUT2D eigenvalue weighted by atomic mass is 10.2. The molecule has 2 aromatic rings. The summed E-state index contributed by atoms with van der Waals surface area (Å²) in [5.74, 6) is -0.960. The molecule has 2 rings (SSSR count). The van der Waals surface area contributed by atoms with Crippen LogP contribution >= 0.6 is 27.7 Å². The maximum absolute atomic E-state index is 10.9. The molecule has 0 radical (unpaired) electrons. The molecule has 0 aromatic carbocycles. The fourth-order valence-electron chi connectivity index (χ4n) is 1.35. The summed E-state index contributed by atoms with van der Waals surface area (Å²) in [6, 6.07) is 7.02. The smallest absolute Gasteiger partial charge is 0.337 e. The minimum absolute atomic E-state index is 0.225. The standard InChI is InChI=1S/C12H9BrN2O2S/c1-7-9(12(16)17)3-5-11(15-7)18-10-4-2-8(13)6-14-10/h2-6H,1H3,(H,16,17). The van der Waals surface area contributed by atoms with Crippen LogP contribution in [0, 0.1) is 6.92 Å². The van der Waals surface area contributed by atoms with E-state index in [1.807, 2.05) is 12.1 Å². The molecule has 0 spiro atoms. The maximum atomic E-state index is 10.9. The Bertz CT molecular complexity index is 587. The highest BCUT2D eigenvalue weighted by molar-refractivity contribution is 9.10. The first-order valence-corrected chi connectivity index (χ1v) is 6.67. The van der Waals surface area contributed by atoms with Crippen LogP contribution in [0.4, 0.5) is 0 Å². The number of carboxylic acids is 1. The molecule has 2 heterocycles. The molecular formula is C12H9BrN2O2S. The predicted molar refractivity (Wildman–Crippen MR) is 72.0 cm³/mol. The summed E-state index contributed by atoms with van der Waals surface area (Å²) in [5.41, 5.74) is 0.729. The van der Waals surface area contributed by atoms with Gasteiger partial charge in [-0.05, 0) is 47.1 Å². The highest BCUT2D eigenvalue weighted by Crippen LogP contribution is 2.25. The quantitative estimate of drug-likeness (QED) is 0.937. The van der Waals surface area contributed by atoms with E-state index in [2.05, 4.69) is 25.9 Å². The Hall–Kier alpha value is -1.40. The molecule has 4 nitrogen and oxygen atoms in total. The molecule has 0 saturated heterocycles.